The van der Waals surface area contributed by atoms with Crippen LogP contribution in [-0.2, 0) is 6.54 Å². The van der Waals surface area contributed by atoms with Gasteiger partial charge in [-0.15, -0.1) is 5.10 Å². The van der Waals surface area contributed by atoms with Gasteiger partial charge in [0.25, 0.3) is 5.91 Å². The fourth-order valence-electron chi connectivity index (χ4n) is 1.76. The molecule has 0 saturated heterocycles. The normalized spacial score (nSPS) is 11.2. The van der Waals surface area contributed by atoms with Crippen LogP contribution in [0.15, 0.2) is 18.2 Å². The van der Waals surface area contributed by atoms with Crippen molar-refractivity contribution in [3.05, 3.63) is 23.8 Å². The van der Waals surface area contributed by atoms with Crippen molar-refractivity contribution in [1.29, 1.82) is 0 Å². The Hall–Kier alpha value is -1.99. The molecular weight excluding hydrogens is 248 g/mol. The van der Waals surface area contributed by atoms with E-state index >= 15 is 0 Å². The minimum atomic E-state index is -0.658. The van der Waals surface area contributed by atoms with Gasteiger partial charge in [0, 0.05) is 12.1 Å². The Morgan fingerprint density at radius 1 is 1.42 bits per heavy atom. The molecule has 1 aromatic heterocycles. The molecule has 0 aliphatic heterocycles. The Morgan fingerprint density at radius 2 is 2.16 bits per heavy atom. The number of fused-ring (bicyclic) bond motifs is 1. The summed E-state index contributed by atoms with van der Waals surface area (Å²) in [5, 5.41) is 28.3. The van der Waals surface area contributed by atoms with E-state index in [0.29, 0.717) is 17.6 Å². The Balaban J connectivity index is 2.23. The van der Waals surface area contributed by atoms with Gasteiger partial charge < -0.3 is 15.5 Å². The van der Waals surface area contributed by atoms with Crippen LogP contribution < -0.4 is 5.32 Å². The van der Waals surface area contributed by atoms with E-state index in [9.17, 15) is 4.79 Å². The van der Waals surface area contributed by atoms with Crippen molar-refractivity contribution in [1.82, 2.24) is 20.3 Å². The number of hydrogen-bond acceptors (Lipinski definition) is 5. The van der Waals surface area contributed by atoms with Gasteiger partial charge in [-0.05, 0) is 25.1 Å². The SMILES string of the molecule is CCn1nnc2cc(C(=O)NC(CO)CO)ccc21. The van der Waals surface area contributed by atoms with Crippen LogP contribution in [0, 0.1) is 0 Å². The number of aliphatic hydroxyl groups excluding tert-OH is 2. The maximum Gasteiger partial charge on any atom is 0.251 e. The first-order valence-electron chi connectivity index (χ1n) is 6.05. The molecule has 3 N–H and O–H groups in total. The van der Waals surface area contributed by atoms with E-state index in [1.807, 2.05) is 6.92 Å². The van der Waals surface area contributed by atoms with Crippen molar-refractivity contribution in [3.63, 3.8) is 0 Å². The van der Waals surface area contributed by atoms with Crippen LogP contribution in [-0.4, -0.2) is 50.4 Å². The fourth-order valence-corrected chi connectivity index (χ4v) is 1.76. The topological polar surface area (TPSA) is 100 Å². The molecule has 0 bridgehead atoms. The second kappa shape index (κ2) is 5.77. The van der Waals surface area contributed by atoms with E-state index in [0.717, 1.165) is 5.52 Å². The zero-order chi connectivity index (χ0) is 13.8. The second-order valence-corrected chi connectivity index (χ2v) is 4.14. The van der Waals surface area contributed by atoms with Crippen molar-refractivity contribution < 1.29 is 15.0 Å². The average Bonchev–Trinajstić information content (AvgIpc) is 2.86. The lowest BCUT2D eigenvalue weighted by Crippen LogP contribution is -2.40. The van der Waals surface area contributed by atoms with Crippen molar-refractivity contribution >= 4 is 16.9 Å². The molecule has 0 atom stereocenters. The summed E-state index contributed by atoms with van der Waals surface area (Å²) < 4.78 is 1.74. The van der Waals surface area contributed by atoms with E-state index in [1.54, 1.807) is 22.9 Å². The van der Waals surface area contributed by atoms with Crippen molar-refractivity contribution in [2.45, 2.75) is 19.5 Å². The number of carbonyl (C=O) groups excluding carboxylic acids is 1. The predicted octanol–water partition coefficient (Wildman–Crippen LogP) is -0.466. The van der Waals surface area contributed by atoms with Crippen molar-refractivity contribution in [3.8, 4) is 0 Å². The Kier molecular flexibility index (Phi) is 4.08. The van der Waals surface area contributed by atoms with Crippen molar-refractivity contribution in [2.24, 2.45) is 0 Å². The van der Waals surface area contributed by atoms with Crippen LogP contribution in [0.3, 0.4) is 0 Å². The Labute approximate surface area is 109 Å². The molecule has 0 radical (unpaired) electrons. The highest BCUT2D eigenvalue weighted by Crippen LogP contribution is 2.13. The van der Waals surface area contributed by atoms with Crippen LogP contribution in [0.1, 0.15) is 17.3 Å². The quantitative estimate of drug-likeness (QED) is 0.678. The first-order valence-corrected chi connectivity index (χ1v) is 6.05. The minimum absolute atomic E-state index is 0.309. The number of aryl methyl sites for hydroxylation is 1. The molecule has 1 aromatic carbocycles. The molecule has 0 saturated carbocycles. The van der Waals surface area contributed by atoms with Gasteiger partial charge >= 0.3 is 0 Å². The summed E-state index contributed by atoms with van der Waals surface area (Å²) in [6.07, 6.45) is 0. The third-order valence-corrected chi connectivity index (χ3v) is 2.85. The second-order valence-electron chi connectivity index (χ2n) is 4.14. The molecule has 7 heteroatoms. The smallest absolute Gasteiger partial charge is 0.251 e. The number of rotatable bonds is 5. The molecule has 7 nitrogen and oxygen atoms in total. The standard InChI is InChI=1S/C12H16N4O3/c1-2-16-11-4-3-8(5-10(11)14-15-16)12(19)13-9(6-17)7-18/h3-5,9,17-18H,2,6-7H2,1H3,(H,13,19). The molecule has 1 amide bonds. The number of aliphatic hydroxyl groups is 2. The molecule has 0 unspecified atom stereocenters. The van der Waals surface area contributed by atoms with Gasteiger partial charge in [0.2, 0.25) is 0 Å². The number of nitrogens with zero attached hydrogens (tertiary/aromatic N) is 3. The number of hydrogen-bond donors (Lipinski definition) is 3. The van der Waals surface area contributed by atoms with E-state index in [1.165, 1.54) is 0 Å². The van der Waals surface area contributed by atoms with E-state index in [4.69, 9.17) is 10.2 Å². The molecule has 0 fully saturated rings. The van der Waals surface area contributed by atoms with Gasteiger partial charge in [0.05, 0.1) is 24.8 Å². The minimum Gasteiger partial charge on any atom is -0.394 e. The highest BCUT2D eigenvalue weighted by molar-refractivity contribution is 5.97. The average molecular weight is 264 g/mol. The molecule has 2 rings (SSSR count). The Morgan fingerprint density at radius 3 is 2.79 bits per heavy atom. The third kappa shape index (κ3) is 2.72. The lowest BCUT2D eigenvalue weighted by atomic mass is 10.1. The van der Waals surface area contributed by atoms with Crippen LogP contribution in [0.25, 0.3) is 11.0 Å². The summed E-state index contributed by atoms with van der Waals surface area (Å²) in [6.45, 7) is 2.05. The molecule has 1 heterocycles. The number of aromatic nitrogens is 3. The lowest BCUT2D eigenvalue weighted by molar-refractivity contribution is 0.0879. The Bertz CT molecular complexity index is 577. The molecule has 2 aromatic rings. The summed E-state index contributed by atoms with van der Waals surface area (Å²) in [7, 11) is 0. The van der Waals surface area contributed by atoms with E-state index in [2.05, 4.69) is 15.6 Å². The molecule has 0 spiro atoms. The third-order valence-electron chi connectivity index (χ3n) is 2.85. The van der Waals surface area contributed by atoms with Crippen LogP contribution in [0.4, 0.5) is 0 Å². The molecule has 0 aliphatic carbocycles. The molecule has 0 aliphatic rings. The van der Waals surface area contributed by atoms with Crippen LogP contribution >= 0.6 is 0 Å². The van der Waals surface area contributed by atoms with Gasteiger partial charge in [-0.1, -0.05) is 5.21 Å². The number of nitrogens with one attached hydrogen (secondary N) is 1. The van der Waals surface area contributed by atoms with Crippen LogP contribution in [0.2, 0.25) is 0 Å². The summed E-state index contributed by atoms with van der Waals surface area (Å²) in [5.41, 5.74) is 1.92. The summed E-state index contributed by atoms with van der Waals surface area (Å²) in [4.78, 5) is 11.9. The highest BCUT2D eigenvalue weighted by atomic mass is 16.3. The van der Waals surface area contributed by atoms with Crippen LogP contribution in [0.5, 0.6) is 0 Å². The summed E-state index contributed by atoms with van der Waals surface area (Å²) in [6, 6.07) is 4.42. The van der Waals surface area contributed by atoms with Gasteiger partial charge in [0.15, 0.2) is 0 Å². The zero-order valence-corrected chi connectivity index (χ0v) is 10.6. The van der Waals surface area contributed by atoms with E-state index in [-0.39, 0.29) is 19.1 Å². The molecular formula is C12H16N4O3. The van der Waals surface area contributed by atoms with Gasteiger partial charge in [-0.2, -0.15) is 0 Å². The monoisotopic (exact) mass is 264 g/mol. The predicted molar refractivity (Wildman–Crippen MR) is 68.6 cm³/mol. The number of benzene rings is 1. The molecule has 19 heavy (non-hydrogen) atoms. The van der Waals surface area contributed by atoms with Crippen molar-refractivity contribution in [2.75, 3.05) is 13.2 Å². The van der Waals surface area contributed by atoms with Gasteiger partial charge in [-0.3, -0.25) is 4.79 Å². The van der Waals surface area contributed by atoms with Gasteiger partial charge in [-0.25, -0.2) is 4.68 Å². The largest absolute Gasteiger partial charge is 0.394 e. The maximum absolute atomic E-state index is 11.9. The first kappa shape index (κ1) is 13.4. The highest BCUT2D eigenvalue weighted by Gasteiger charge is 2.13. The van der Waals surface area contributed by atoms with Gasteiger partial charge in [0.1, 0.15) is 5.52 Å². The fraction of sp³-hybridized carbons (Fsp3) is 0.417. The zero-order valence-electron chi connectivity index (χ0n) is 10.6. The summed E-state index contributed by atoms with van der Waals surface area (Å²) >= 11 is 0. The maximum atomic E-state index is 11.9. The van der Waals surface area contributed by atoms with E-state index < -0.39 is 6.04 Å². The first-order chi connectivity index (χ1) is 9.19. The summed E-state index contributed by atoms with van der Waals surface area (Å²) in [5.74, 6) is -0.360. The number of carbonyl (C=O) groups is 1. The lowest BCUT2D eigenvalue weighted by Gasteiger charge is -2.13. The number of amides is 1. The molecule has 102 valence electrons.